The SMILES string of the molecule is CCC(C)(C)Oc1ccc(C(C)c2ccc(OC(=O)c3ccc(Oc4ccc(C(N)(CC)C(C)(CC)Oc5ccc6cc(Oc7ccc(Oc8ccc(C(C)(C)CC)cc8)cc7)ccc6c5)cc4)cc3)c(C)c2)cc1C. The van der Waals surface area contributed by atoms with Crippen LogP contribution >= 0.6 is 0 Å². The van der Waals surface area contributed by atoms with Crippen LogP contribution in [0.4, 0.5) is 0 Å². The molecule has 2 N–H and O–H groups in total. The average molecular weight is 1020 g/mol. The lowest BCUT2D eigenvalue weighted by Crippen LogP contribution is -2.59. The van der Waals surface area contributed by atoms with Gasteiger partial charge in [-0.15, -0.1) is 0 Å². The van der Waals surface area contributed by atoms with Crippen LogP contribution in [0.25, 0.3) is 10.8 Å². The Balaban J connectivity index is 0.856. The van der Waals surface area contributed by atoms with E-state index in [4.69, 9.17) is 34.2 Å². The summed E-state index contributed by atoms with van der Waals surface area (Å²) in [6.07, 6.45) is 3.28. The van der Waals surface area contributed by atoms with Gasteiger partial charge in [0, 0.05) is 5.92 Å². The van der Waals surface area contributed by atoms with Crippen molar-refractivity contribution in [1.29, 1.82) is 0 Å². The Bertz CT molecular complexity index is 3270. The minimum absolute atomic E-state index is 0.128. The Labute approximate surface area is 451 Å². The second-order valence-corrected chi connectivity index (χ2v) is 21.6. The molecule has 0 aliphatic rings. The van der Waals surface area contributed by atoms with Gasteiger partial charge in [0.1, 0.15) is 62.9 Å². The van der Waals surface area contributed by atoms with Crippen LogP contribution in [0, 0.1) is 13.8 Å². The van der Waals surface area contributed by atoms with Gasteiger partial charge in [0.2, 0.25) is 0 Å². The number of fused-ring (bicyclic) bond motifs is 1. The van der Waals surface area contributed by atoms with E-state index in [-0.39, 0.29) is 16.9 Å². The quantitative estimate of drug-likeness (QED) is 0.0561. The second kappa shape index (κ2) is 22.7. The predicted molar refractivity (Wildman–Crippen MR) is 309 cm³/mol. The maximum Gasteiger partial charge on any atom is 0.343 e. The molecule has 0 heterocycles. The molecule has 3 atom stereocenters. The van der Waals surface area contributed by atoms with Gasteiger partial charge < -0.3 is 34.2 Å². The molecular weight excluding hydrogens is 943 g/mol. The monoisotopic (exact) mass is 1020 g/mol. The lowest BCUT2D eigenvalue weighted by molar-refractivity contribution is -0.00320. The molecule has 0 bridgehead atoms. The number of aryl methyl sites for hydroxylation is 2. The van der Waals surface area contributed by atoms with E-state index in [0.29, 0.717) is 41.4 Å². The van der Waals surface area contributed by atoms with Crippen LogP contribution in [0.2, 0.25) is 0 Å². The van der Waals surface area contributed by atoms with Crippen molar-refractivity contribution < 1.29 is 33.2 Å². The number of hydrogen-bond acceptors (Lipinski definition) is 8. The first-order valence-corrected chi connectivity index (χ1v) is 26.8. The number of hydrogen-bond donors (Lipinski definition) is 1. The number of carbonyl (C=O) groups is 1. The molecule has 0 aromatic heterocycles. The van der Waals surface area contributed by atoms with Crippen molar-refractivity contribution >= 4 is 16.7 Å². The number of ether oxygens (including phenoxy) is 6. The molecule has 8 aromatic carbocycles. The largest absolute Gasteiger partial charge is 0.488 e. The predicted octanol–water partition coefficient (Wildman–Crippen LogP) is 18.3. The molecule has 8 rings (SSSR count). The number of esters is 1. The van der Waals surface area contributed by atoms with Crippen molar-refractivity contribution in [2.24, 2.45) is 5.73 Å². The Hall–Kier alpha value is -7.55. The zero-order chi connectivity index (χ0) is 54.4. The number of rotatable bonds is 21. The summed E-state index contributed by atoms with van der Waals surface area (Å²) in [6, 6.07) is 55.3. The minimum atomic E-state index is -0.838. The molecule has 8 aromatic rings. The lowest BCUT2D eigenvalue weighted by atomic mass is 9.72. The maximum atomic E-state index is 13.3. The fourth-order valence-corrected chi connectivity index (χ4v) is 9.43. The van der Waals surface area contributed by atoms with Gasteiger partial charge in [0.15, 0.2) is 0 Å². The summed E-state index contributed by atoms with van der Waals surface area (Å²) in [7, 11) is 0. The molecule has 0 fully saturated rings. The van der Waals surface area contributed by atoms with Gasteiger partial charge >= 0.3 is 5.97 Å². The van der Waals surface area contributed by atoms with Crippen molar-refractivity contribution in [3.63, 3.8) is 0 Å². The molecule has 8 nitrogen and oxygen atoms in total. The van der Waals surface area contributed by atoms with Crippen LogP contribution in [0.1, 0.15) is 145 Å². The van der Waals surface area contributed by atoms with Crippen molar-refractivity contribution in [1.82, 2.24) is 0 Å². The first-order chi connectivity index (χ1) is 36.2. The molecule has 0 saturated heterocycles. The summed E-state index contributed by atoms with van der Waals surface area (Å²) in [4.78, 5) is 13.3. The fourth-order valence-electron chi connectivity index (χ4n) is 9.43. The van der Waals surface area contributed by atoms with E-state index in [1.807, 2.05) is 104 Å². The van der Waals surface area contributed by atoms with Crippen molar-refractivity contribution in [2.75, 3.05) is 0 Å². The van der Waals surface area contributed by atoms with Gasteiger partial charge in [-0.05, 0) is 219 Å². The highest BCUT2D eigenvalue weighted by molar-refractivity contribution is 5.91. The Kier molecular flexibility index (Phi) is 16.4. The molecule has 76 heavy (non-hydrogen) atoms. The third-order valence-electron chi connectivity index (χ3n) is 15.7. The highest BCUT2D eigenvalue weighted by Gasteiger charge is 2.46. The molecule has 394 valence electrons. The van der Waals surface area contributed by atoms with Gasteiger partial charge in [-0.25, -0.2) is 4.79 Å². The van der Waals surface area contributed by atoms with Gasteiger partial charge in [-0.3, -0.25) is 0 Å². The molecule has 0 radical (unpaired) electrons. The summed E-state index contributed by atoms with van der Waals surface area (Å²) in [6.45, 7) is 25.6. The zero-order valence-electron chi connectivity index (χ0n) is 46.5. The minimum Gasteiger partial charge on any atom is -0.488 e. The summed E-state index contributed by atoms with van der Waals surface area (Å²) < 4.78 is 37.7. The van der Waals surface area contributed by atoms with Gasteiger partial charge in [0.25, 0.3) is 0 Å². The molecule has 0 aliphatic carbocycles. The molecule has 0 amide bonds. The second-order valence-electron chi connectivity index (χ2n) is 21.6. The summed E-state index contributed by atoms with van der Waals surface area (Å²) in [5, 5.41) is 2.04. The van der Waals surface area contributed by atoms with Crippen molar-refractivity contribution in [3.8, 4) is 51.7 Å². The summed E-state index contributed by atoms with van der Waals surface area (Å²) in [5.41, 5.74) is 12.6. The molecule has 0 spiro atoms. The van der Waals surface area contributed by atoms with E-state index in [2.05, 4.69) is 125 Å². The lowest BCUT2D eigenvalue weighted by Gasteiger charge is -2.46. The van der Waals surface area contributed by atoms with Gasteiger partial charge in [0.05, 0.1) is 11.1 Å². The zero-order valence-corrected chi connectivity index (χ0v) is 46.5. The Morgan fingerprint density at radius 2 is 0.895 bits per heavy atom. The van der Waals surface area contributed by atoms with Crippen LogP contribution in [0.3, 0.4) is 0 Å². The number of carbonyl (C=O) groups excluding carboxylic acids is 1. The molecule has 3 unspecified atom stereocenters. The van der Waals surface area contributed by atoms with Crippen LogP contribution in [-0.4, -0.2) is 17.2 Å². The van der Waals surface area contributed by atoms with Crippen LogP contribution in [-0.2, 0) is 11.0 Å². The summed E-state index contributed by atoms with van der Waals surface area (Å²) >= 11 is 0. The highest BCUT2D eigenvalue weighted by Crippen LogP contribution is 2.42. The van der Waals surface area contributed by atoms with Crippen LogP contribution in [0.5, 0.6) is 51.7 Å². The molecule has 0 aliphatic heterocycles. The standard InChI is InChI=1S/C68H75NO7/c1-13-65(8,9)53-23-31-56(32-24-53)72-58-35-37-59(38-36-58)73-60-29-19-52-44-61(30-20-51(52)43-60)75-67(12,15-3)68(69,16-4)54-25-33-57(34-26-54)71-55-27-17-48(18-28-55)64(70)74-62-39-21-49(41-45(62)5)47(7)50-22-40-63(46(6)42-50)76-66(10,11)14-2/h17-44,47H,13-16,69H2,1-12H3. The smallest absolute Gasteiger partial charge is 0.343 e. The van der Waals surface area contributed by atoms with Gasteiger partial charge in [-0.1, -0.05) is 109 Å². The molecular formula is C68H75NO7. The van der Waals surface area contributed by atoms with E-state index in [0.717, 1.165) is 74.6 Å². The first kappa shape index (κ1) is 54.7. The maximum absolute atomic E-state index is 13.3. The fraction of sp³-hybridized carbons (Fsp3) is 0.309. The van der Waals surface area contributed by atoms with Crippen molar-refractivity contribution in [3.05, 3.63) is 209 Å². The normalized spacial score (nSPS) is 13.8. The van der Waals surface area contributed by atoms with Crippen molar-refractivity contribution in [2.45, 2.75) is 137 Å². The molecule has 8 heteroatoms. The van der Waals surface area contributed by atoms with E-state index in [9.17, 15) is 4.79 Å². The highest BCUT2D eigenvalue weighted by atomic mass is 16.5. The number of nitrogens with two attached hydrogens (primary N) is 1. The average Bonchev–Trinajstić information content (AvgIpc) is 3.42. The summed E-state index contributed by atoms with van der Waals surface area (Å²) in [5.74, 6) is 6.06. The van der Waals surface area contributed by atoms with Crippen LogP contribution < -0.4 is 34.2 Å². The number of benzene rings is 8. The third kappa shape index (κ3) is 12.4. The Morgan fingerprint density at radius 1 is 0.461 bits per heavy atom. The van der Waals surface area contributed by atoms with E-state index in [1.54, 1.807) is 24.3 Å². The van der Waals surface area contributed by atoms with Gasteiger partial charge in [-0.2, -0.15) is 0 Å². The van der Waals surface area contributed by atoms with E-state index in [1.165, 1.54) is 11.1 Å². The van der Waals surface area contributed by atoms with E-state index < -0.39 is 17.1 Å². The van der Waals surface area contributed by atoms with Crippen LogP contribution in [0.15, 0.2) is 170 Å². The first-order valence-electron chi connectivity index (χ1n) is 26.8. The molecule has 0 saturated carbocycles. The van der Waals surface area contributed by atoms with E-state index >= 15 is 0 Å². The third-order valence-corrected chi connectivity index (χ3v) is 15.7. The Morgan fingerprint density at radius 3 is 1.37 bits per heavy atom. The topological polar surface area (TPSA) is 98.5 Å².